The van der Waals surface area contributed by atoms with Gasteiger partial charge in [-0.3, -0.25) is 19.4 Å². The maximum Gasteiger partial charge on any atom is 0.263 e. The topological polar surface area (TPSA) is 129 Å². The molecule has 0 saturated heterocycles. The van der Waals surface area contributed by atoms with Crippen LogP contribution in [0.2, 0.25) is 0 Å². The molecular formula is C15H13N7O3S. The van der Waals surface area contributed by atoms with Crippen LogP contribution in [-0.4, -0.2) is 38.3 Å². The molecule has 4 aromatic rings. The Labute approximate surface area is 147 Å². The Balaban J connectivity index is 1.76. The van der Waals surface area contributed by atoms with Gasteiger partial charge in [0.2, 0.25) is 0 Å². The number of anilines is 1. The molecule has 0 aliphatic heterocycles. The van der Waals surface area contributed by atoms with Crippen LogP contribution in [-0.2, 0) is 17.1 Å². The van der Waals surface area contributed by atoms with E-state index in [2.05, 4.69) is 29.9 Å². The Bertz CT molecular complexity index is 1200. The zero-order chi connectivity index (χ0) is 18.3. The summed E-state index contributed by atoms with van der Waals surface area (Å²) in [5.41, 5.74) is 2.12. The van der Waals surface area contributed by atoms with Crippen molar-refractivity contribution in [3.8, 4) is 11.4 Å². The number of rotatable bonds is 4. The zero-order valence-electron chi connectivity index (χ0n) is 13.8. The first-order valence-corrected chi connectivity index (χ1v) is 8.97. The molecule has 0 bridgehead atoms. The highest BCUT2D eigenvalue weighted by atomic mass is 32.2. The lowest BCUT2D eigenvalue weighted by Gasteiger charge is -2.09. The molecule has 26 heavy (non-hydrogen) atoms. The zero-order valence-corrected chi connectivity index (χ0v) is 14.6. The second-order valence-corrected chi connectivity index (χ2v) is 7.20. The molecule has 0 aliphatic rings. The predicted molar refractivity (Wildman–Crippen MR) is 91.6 cm³/mol. The number of nitrogens with one attached hydrogen (secondary N) is 1. The van der Waals surface area contributed by atoms with E-state index >= 15 is 0 Å². The van der Waals surface area contributed by atoms with Crippen LogP contribution in [0.5, 0.6) is 0 Å². The predicted octanol–water partition coefficient (Wildman–Crippen LogP) is 1.52. The van der Waals surface area contributed by atoms with Crippen molar-refractivity contribution in [2.24, 2.45) is 7.05 Å². The van der Waals surface area contributed by atoms with Crippen molar-refractivity contribution >= 4 is 26.8 Å². The maximum atomic E-state index is 12.8. The van der Waals surface area contributed by atoms with Crippen molar-refractivity contribution in [2.45, 2.75) is 11.8 Å². The molecule has 0 spiro atoms. The molecular weight excluding hydrogens is 358 g/mol. The highest BCUT2D eigenvalue weighted by Gasteiger charge is 2.21. The minimum atomic E-state index is -3.90. The van der Waals surface area contributed by atoms with Crippen molar-refractivity contribution in [1.82, 2.24) is 29.9 Å². The molecule has 4 heterocycles. The summed E-state index contributed by atoms with van der Waals surface area (Å²) in [6.07, 6.45) is 7.22. The summed E-state index contributed by atoms with van der Waals surface area (Å²) in [7, 11) is -2.21. The fraction of sp³-hybridized carbons (Fsp3) is 0.133. The highest BCUT2D eigenvalue weighted by molar-refractivity contribution is 7.92. The summed E-state index contributed by atoms with van der Waals surface area (Å²) in [5.74, 6) is 0. The number of hydrogen-bond acceptors (Lipinski definition) is 8. The number of nitrogens with zero attached hydrogens (tertiary/aromatic N) is 6. The maximum absolute atomic E-state index is 12.8. The molecule has 0 radical (unpaired) electrons. The lowest BCUT2D eigenvalue weighted by Crippen LogP contribution is -2.14. The van der Waals surface area contributed by atoms with E-state index in [9.17, 15) is 8.42 Å². The fourth-order valence-electron chi connectivity index (χ4n) is 2.51. The van der Waals surface area contributed by atoms with Gasteiger partial charge in [0.1, 0.15) is 16.3 Å². The molecule has 0 amide bonds. The number of hydrogen-bond donors (Lipinski definition) is 1. The van der Waals surface area contributed by atoms with Crippen LogP contribution in [0.4, 0.5) is 5.69 Å². The highest BCUT2D eigenvalue weighted by Crippen LogP contribution is 2.28. The minimum Gasteiger partial charge on any atom is -0.336 e. The molecule has 0 aliphatic carbocycles. The molecule has 132 valence electrons. The summed E-state index contributed by atoms with van der Waals surface area (Å²) in [4.78, 5) is 12.2. The normalized spacial score (nSPS) is 11.8. The van der Waals surface area contributed by atoms with Crippen LogP contribution >= 0.6 is 0 Å². The lowest BCUT2D eigenvalue weighted by molar-refractivity contribution is 0.442. The number of sulfonamides is 1. The lowest BCUT2D eigenvalue weighted by atomic mass is 10.3. The number of aromatic nitrogens is 6. The quantitative estimate of drug-likeness (QED) is 0.572. The van der Waals surface area contributed by atoms with E-state index < -0.39 is 10.0 Å². The molecule has 0 saturated carbocycles. The third kappa shape index (κ3) is 2.67. The summed E-state index contributed by atoms with van der Waals surface area (Å²) in [6.45, 7) is 1.71. The summed E-state index contributed by atoms with van der Waals surface area (Å²) in [5, 5.41) is 8.42. The van der Waals surface area contributed by atoms with Gasteiger partial charge in [0, 0.05) is 19.4 Å². The Morgan fingerprint density at radius 2 is 2.00 bits per heavy atom. The fourth-order valence-corrected chi connectivity index (χ4v) is 3.54. The van der Waals surface area contributed by atoms with Crippen LogP contribution in [0, 0.1) is 6.92 Å². The van der Waals surface area contributed by atoms with Crippen LogP contribution in [0.1, 0.15) is 5.69 Å². The van der Waals surface area contributed by atoms with Gasteiger partial charge in [-0.15, -0.1) is 0 Å². The van der Waals surface area contributed by atoms with Crippen molar-refractivity contribution in [3.63, 3.8) is 0 Å². The molecule has 4 aromatic heterocycles. The van der Waals surface area contributed by atoms with Crippen LogP contribution in [0.3, 0.4) is 0 Å². The third-order valence-corrected chi connectivity index (χ3v) is 5.12. The van der Waals surface area contributed by atoms with E-state index in [0.717, 1.165) is 0 Å². The second-order valence-electron chi connectivity index (χ2n) is 5.52. The summed E-state index contributed by atoms with van der Waals surface area (Å²) >= 11 is 0. The molecule has 4 rings (SSSR count). The van der Waals surface area contributed by atoms with Gasteiger partial charge in [-0.25, -0.2) is 13.4 Å². The van der Waals surface area contributed by atoms with E-state index in [1.54, 1.807) is 14.0 Å². The largest absolute Gasteiger partial charge is 0.336 e. The number of pyridine rings is 1. The smallest absolute Gasteiger partial charge is 0.263 e. The minimum absolute atomic E-state index is 0.00903. The first-order valence-electron chi connectivity index (χ1n) is 7.49. The average Bonchev–Trinajstić information content (AvgIpc) is 3.18. The number of aryl methyl sites for hydroxylation is 2. The van der Waals surface area contributed by atoms with E-state index in [1.807, 2.05) is 0 Å². The molecule has 11 heteroatoms. The van der Waals surface area contributed by atoms with Gasteiger partial charge in [0.25, 0.3) is 15.7 Å². The SMILES string of the molecule is Cc1noc2ncc(S(=O)(=O)Nc3cnn(C)c3-c3cnccn3)cc12. The summed E-state index contributed by atoms with van der Waals surface area (Å²) < 4.78 is 34.7. The van der Waals surface area contributed by atoms with Crippen molar-refractivity contribution in [2.75, 3.05) is 4.72 Å². The first kappa shape index (κ1) is 16.1. The average molecular weight is 371 g/mol. The molecule has 0 fully saturated rings. The molecule has 0 unspecified atom stereocenters. The van der Waals surface area contributed by atoms with Gasteiger partial charge in [0.15, 0.2) is 0 Å². The number of fused-ring (bicyclic) bond motifs is 1. The summed E-state index contributed by atoms with van der Waals surface area (Å²) in [6, 6.07) is 1.47. The Morgan fingerprint density at radius 1 is 1.15 bits per heavy atom. The van der Waals surface area contributed by atoms with Crippen LogP contribution in [0.25, 0.3) is 22.5 Å². The molecule has 1 N–H and O–H groups in total. The van der Waals surface area contributed by atoms with Crippen LogP contribution in [0.15, 0.2) is 46.5 Å². The molecule has 0 atom stereocenters. The third-order valence-electron chi connectivity index (χ3n) is 3.78. The van der Waals surface area contributed by atoms with Crippen molar-refractivity contribution in [3.05, 3.63) is 42.7 Å². The van der Waals surface area contributed by atoms with Gasteiger partial charge in [-0.05, 0) is 13.0 Å². The second kappa shape index (κ2) is 5.88. The van der Waals surface area contributed by atoms with Crippen molar-refractivity contribution in [1.29, 1.82) is 0 Å². The van der Waals surface area contributed by atoms with Crippen molar-refractivity contribution < 1.29 is 12.9 Å². The Morgan fingerprint density at radius 3 is 2.77 bits per heavy atom. The monoisotopic (exact) mass is 371 g/mol. The van der Waals surface area contributed by atoms with Gasteiger partial charge in [0.05, 0.1) is 35.4 Å². The molecule has 10 nitrogen and oxygen atoms in total. The van der Waals surface area contributed by atoms with Gasteiger partial charge < -0.3 is 4.52 Å². The first-order chi connectivity index (χ1) is 12.5. The van der Waals surface area contributed by atoms with Gasteiger partial charge in [-0.1, -0.05) is 5.16 Å². The van der Waals surface area contributed by atoms with E-state index in [1.165, 1.54) is 41.7 Å². The van der Waals surface area contributed by atoms with Gasteiger partial charge in [-0.2, -0.15) is 5.10 Å². The molecule has 0 aromatic carbocycles. The van der Waals surface area contributed by atoms with E-state index in [-0.39, 0.29) is 16.3 Å². The van der Waals surface area contributed by atoms with Crippen LogP contribution < -0.4 is 4.72 Å². The Kier molecular flexibility index (Phi) is 3.65. The van der Waals surface area contributed by atoms with E-state index in [0.29, 0.717) is 22.5 Å². The van der Waals surface area contributed by atoms with E-state index in [4.69, 9.17) is 4.52 Å². The van der Waals surface area contributed by atoms with Gasteiger partial charge >= 0.3 is 0 Å². The standard InChI is InChI=1S/C15H13N7O3S/c1-9-11-5-10(6-18-15(11)25-20-9)26(23,24)21-13-8-19-22(2)14(13)12-7-16-3-4-17-12/h3-8,21H,1-2H3. The Hall–Kier alpha value is -3.34.